The predicted molar refractivity (Wildman–Crippen MR) is 110 cm³/mol. The van der Waals surface area contributed by atoms with Crippen molar-refractivity contribution in [2.75, 3.05) is 24.5 Å². The molecule has 1 aromatic carbocycles. The SMILES string of the molecule is CCNC(=O)C[NH+](CC)Cc1csc(N(C(C)=O)c2ccccc2CC)n1. The van der Waals surface area contributed by atoms with E-state index in [4.69, 9.17) is 4.98 Å². The fraction of sp³-hybridized carbons (Fsp3) is 0.450. The van der Waals surface area contributed by atoms with E-state index in [9.17, 15) is 9.59 Å². The number of anilines is 2. The lowest BCUT2D eigenvalue weighted by Crippen LogP contribution is -3.11. The normalized spacial score (nSPS) is 11.9. The minimum absolute atomic E-state index is 0.0482. The Morgan fingerprint density at radius 1 is 1.22 bits per heavy atom. The fourth-order valence-electron chi connectivity index (χ4n) is 2.97. The molecule has 0 saturated carbocycles. The molecule has 0 radical (unpaired) electrons. The minimum Gasteiger partial charge on any atom is -0.351 e. The van der Waals surface area contributed by atoms with E-state index in [2.05, 4.69) is 19.2 Å². The molecule has 2 N–H and O–H groups in total. The highest BCUT2D eigenvalue weighted by Crippen LogP contribution is 2.31. The van der Waals surface area contributed by atoms with Crippen molar-refractivity contribution in [1.29, 1.82) is 0 Å². The van der Waals surface area contributed by atoms with Crippen LogP contribution in [-0.2, 0) is 22.6 Å². The summed E-state index contributed by atoms with van der Waals surface area (Å²) in [5.74, 6) is -0.00847. The van der Waals surface area contributed by atoms with Crippen molar-refractivity contribution in [3.05, 3.63) is 40.9 Å². The number of likely N-dealkylation sites (N-methyl/N-ethyl adjacent to an activating group) is 2. The van der Waals surface area contributed by atoms with Gasteiger partial charge in [-0.1, -0.05) is 25.1 Å². The third kappa shape index (κ3) is 5.61. The number of benzene rings is 1. The molecule has 0 spiro atoms. The average molecular weight is 390 g/mol. The summed E-state index contributed by atoms with van der Waals surface area (Å²) in [4.78, 5) is 31.7. The number of hydrogen-bond donors (Lipinski definition) is 2. The van der Waals surface area contributed by atoms with E-state index in [1.165, 1.54) is 11.3 Å². The van der Waals surface area contributed by atoms with Gasteiger partial charge in [-0.2, -0.15) is 0 Å². The second-order valence-corrected chi connectivity index (χ2v) is 7.21. The molecule has 1 unspecified atom stereocenters. The fourth-order valence-corrected chi connectivity index (χ4v) is 3.85. The summed E-state index contributed by atoms with van der Waals surface area (Å²) < 4.78 is 0. The zero-order chi connectivity index (χ0) is 19.8. The van der Waals surface area contributed by atoms with Crippen LogP contribution >= 0.6 is 11.3 Å². The number of nitrogens with one attached hydrogen (secondary N) is 2. The van der Waals surface area contributed by atoms with Crippen LogP contribution in [0.15, 0.2) is 29.6 Å². The molecule has 146 valence electrons. The van der Waals surface area contributed by atoms with Crippen molar-refractivity contribution in [2.24, 2.45) is 0 Å². The van der Waals surface area contributed by atoms with Gasteiger partial charge in [0.1, 0.15) is 12.2 Å². The highest BCUT2D eigenvalue weighted by molar-refractivity contribution is 7.14. The van der Waals surface area contributed by atoms with Crippen molar-refractivity contribution < 1.29 is 14.5 Å². The van der Waals surface area contributed by atoms with Crippen molar-refractivity contribution in [3.63, 3.8) is 0 Å². The van der Waals surface area contributed by atoms with Gasteiger partial charge in [-0.25, -0.2) is 4.98 Å². The first-order chi connectivity index (χ1) is 13.0. The highest BCUT2D eigenvalue weighted by atomic mass is 32.1. The molecule has 1 aromatic heterocycles. The lowest BCUT2D eigenvalue weighted by Gasteiger charge is -2.21. The van der Waals surface area contributed by atoms with Gasteiger partial charge in [-0.3, -0.25) is 14.5 Å². The number of thiazole rings is 1. The number of hydrogen-bond acceptors (Lipinski definition) is 4. The molecule has 0 fully saturated rings. The van der Waals surface area contributed by atoms with Crippen LogP contribution in [0, 0.1) is 0 Å². The van der Waals surface area contributed by atoms with Gasteiger partial charge >= 0.3 is 0 Å². The first-order valence-electron chi connectivity index (χ1n) is 9.43. The summed E-state index contributed by atoms with van der Waals surface area (Å²) >= 11 is 1.46. The molecular formula is C20H29N4O2S+. The lowest BCUT2D eigenvalue weighted by molar-refractivity contribution is -0.904. The Kier molecular flexibility index (Phi) is 7.94. The number of para-hydroxylation sites is 1. The van der Waals surface area contributed by atoms with Gasteiger partial charge in [0.2, 0.25) is 5.91 Å². The van der Waals surface area contributed by atoms with Crippen LogP contribution in [0.1, 0.15) is 39.0 Å². The lowest BCUT2D eigenvalue weighted by atomic mass is 10.1. The molecule has 2 amide bonds. The van der Waals surface area contributed by atoms with Crippen molar-refractivity contribution in [2.45, 2.75) is 40.7 Å². The zero-order valence-corrected chi connectivity index (χ0v) is 17.4. The van der Waals surface area contributed by atoms with Gasteiger partial charge in [-0.05, 0) is 31.9 Å². The average Bonchev–Trinajstić information content (AvgIpc) is 3.09. The monoisotopic (exact) mass is 389 g/mol. The predicted octanol–water partition coefficient (Wildman–Crippen LogP) is 1.93. The maximum atomic E-state index is 12.4. The van der Waals surface area contributed by atoms with E-state index in [0.29, 0.717) is 24.8 Å². The summed E-state index contributed by atoms with van der Waals surface area (Å²) in [6, 6.07) is 7.92. The van der Waals surface area contributed by atoms with Gasteiger partial charge in [0, 0.05) is 18.8 Å². The molecule has 2 rings (SSSR count). The van der Waals surface area contributed by atoms with Crippen LogP contribution in [0.3, 0.4) is 0 Å². The number of rotatable bonds is 9. The van der Waals surface area contributed by atoms with E-state index in [1.807, 2.05) is 36.6 Å². The third-order valence-corrected chi connectivity index (χ3v) is 5.25. The standard InChI is InChI=1S/C20H28N4O2S/c1-5-16-10-8-9-11-18(16)24(15(4)25)20-22-17(14-27-20)12-23(7-3)13-19(26)21-6-2/h8-11,14H,5-7,12-13H2,1-4H3,(H,21,26)/p+1. The molecule has 0 saturated heterocycles. The van der Waals surface area contributed by atoms with Crippen LogP contribution in [0.5, 0.6) is 0 Å². The molecule has 0 bridgehead atoms. The summed E-state index contributed by atoms with van der Waals surface area (Å²) in [6.07, 6.45) is 0.846. The van der Waals surface area contributed by atoms with E-state index in [1.54, 1.807) is 11.8 Å². The van der Waals surface area contributed by atoms with Gasteiger partial charge in [0.05, 0.1) is 12.2 Å². The molecule has 2 aromatic rings. The van der Waals surface area contributed by atoms with Crippen LogP contribution in [-0.4, -0.2) is 36.4 Å². The summed E-state index contributed by atoms with van der Waals surface area (Å²) in [5, 5.41) is 5.49. The van der Waals surface area contributed by atoms with E-state index in [0.717, 1.165) is 34.8 Å². The Balaban J connectivity index is 2.20. The van der Waals surface area contributed by atoms with Gasteiger partial charge < -0.3 is 10.2 Å². The summed E-state index contributed by atoms with van der Waals surface area (Å²) in [6.45, 7) is 10.2. The molecule has 0 aliphatic heterocycles. The van der Waals surface area contributed by atoms with Crippen LogP contribution in [0.2, 0.25) is 0 Å². The number of nitrogens with zero attached hydrogens (tertiary/aromatic N) is 2. The number of aryl methyl sites for hydroxylation is 1. The van der Waals surface area contributed by atoms with E-state index in [-0.39, 0.29) is 11.8 Å². The van der Waals surface area contributed by atoms with Crippen molar-refractivity contribution in [3.8, 4) is 0 Å². The Morgan fingerprint density at radius 2 is 1.96 bits per heavy atom. The number of aromatic nitrogens is 1. The Morgan fingerprint density at radius 3 is 2.59 bits per heavy atom. The number of carbonyl (C=O) groups is 2. The van der Waals surface area contributed by atoms with Gasteiger partial charge in [0.15, 0.2) is 11.7 Å². The zero-order valence-electron chi connectivity index (χ0n) is 16.5. The summed E-state index contributed by atoms with van der Waals surface area (Å²) in [5.41, 5.74) is 2.90. The Labute approximate surface area is 165 Å². The Hall–Kier alpha value is -2.25. The second-order valence-electron chi connectivity index (χ2n) is 6.37. The smallest absolute Gasteiger partial charge is 0.275 e. The maximum Gasteiger partial charge on any atom is 0.275 e. The molecule has 1 heterocycles. The third-order valence-electron chi connectivity index (χ3n) is 4.37. The molecule has 1 atom stereocenters. The second kappa shape index (κ2) is 10.2. The minimum atomic E-state index is -0.0566. The first kappa shape index (κ1) is 21.1. The topological polar surface area (TPSA) is 66.7 Å². The largest absolute Gasteiger partial charge is 0.351 e. The molecule has 7 heteroatoms. The van der Waals surface area contributed by atoms with E-state index < -0.39 is 0 Å². The molecule has 0 aliphatic carbocycles. The maximum absolute atomic E-state index is 12.4. The van der Waals surface area contributed by atoms with Crippen LogP contribution in [0.25, 0.3) is 0 Å². The van der Waals surface area contributed by atoms with Gasteiger partial charge in [-0.15, -0.1) is 11.3 Å². The van der Waals surface area contributed by atoms with E-state index >= 15 is 0 Å². The van der Waals surface area contributed by atoms with Crippen LogP contribution < -0.4 is 15.1 Å². The molecule has 27 heavy (non-hydrogen) atoms. The number of amides is 2. The number of quaternary nitrogens is 1. The van der Waals surface area contributed by atoms with Gasteiger partial charge in [0.25, 0.3) is 5.91 Å². The Bertz CT molecular complexity index is 775. The van der Waals surface area contributed by atoms with Crippen LogP contribution in [0.4, 0.5) is 10.8 Å². The molecular weight excluding hydrogens is 360 g/mol. The summed E-state index contributed by atoms with van der Waals surface area (Å²) in [7, 11) is 0. The molecule has 0 aliphatic rings. The number of carbonyl (C=O) groups excluding carboxylic acids is 2. The quantitative estimate of drug-likeness (QED) is 0.689. The highest BCUT2D eigenvalue weighted by Gasteiger charge is 2.21. The van der Waals surface area contributed by atoms with Crippen molar-refractivity contribution in [1.82, 2.24) is 10.3 Å². The molecule has 6 nitrogen and oxygen atoms in total. The van der Waals surface area contributed by atoms with Crippen molar-refractivity contribution >= 4 is 34.0 Å². The first-order valence-corrected chi connectivity index (χ1v) is 10.3.